The van der Waals surface area contributed by atoms with Crippen molar-refractivity contribution >= 4 is 39.1 Å². The number of rotatable bonds is 6. The number of aliphatic hydroxyl groups excluding tert-OH is 1. The van der Waals surface area contributed by atoms with Gasteiger partial charge < -0.3 is 9.84 Å². The van der Waals surface area contributed by atoms with E-state index in [1.165, 1.54) is 17.3 Å². The Hall–Kier alpha value is -0.820. The first-order valence-electron chi connectivity index (χ1n) is 6.55. The fraction of sp³-hybridized carbons (Fsp3) is 0.429. The molecule has 0 saturated heterocycles. The highest BCUT2D eigenvalue weighted by Gasteiger charge is 2.37. The Balaban J connectivity index is 2.33. The SMILES string of the molecule is CC(C)(CBr)C(O)C(Oc1ccc(Cl)cc1Cl)n1cncn1. The molecule has 0 fully saturated rings. The minimum Gasteiger partial charge on any atom is -0.464 e. The molecule has 0 aliphatic rings. The number of aromatic nitrogens is 3. The molecule has 22 heavy (non-hydrogen) atoms. The third kappa shape index (κ3) is 3.93. The summed E-state index contributed by atoms with van der Waals surface area (Å²) in [6, 6.07) is 4.91. The van der Waals surface area contributed by atoms with Gasteiger partial charge in [0, 0.05) is 15.8 Å². The molecule has 0 aliphatic heterocycles. The number of aliphatic hydroxyl groups is 1. The van der Waals surface area contributed by atoms with E-state index in [2.05, 4.69) is 26.0 Å². The predicted molar refractivity (Wildman–Crippen MR) is 89.7 cm³/mol. The van der Waals surface area contributed by atoms with Crippen molar-refractivity contribution in [3.05, 3.63) is 40.9 Å². The van der Waals surface area contributed by atoms with E-state index in [-0.39, 0.29) is 0 Å². The fourth-order valence-electron chi connectivity index (χ4n) is 1.78. The Bertz CT molecular complexity index is 623. The maximum absolute atomic E-state index is 10.7. The summed E-state index contributed by atoms with van der Waals surface area (Å²) in [5.74, 6) is 0.413. The van der Waals surface area contributed by atoms with Crippen molar-refractivity contribution in [2.45, 2.75) is 26.2 Å². The predicted octanol–water partition coefficient (Wildman–Crippen LogP) is 3.94. The van der Waals surface area contributed by atoms with Gasteiger partial charge in [0.1, 0.15) is 24.5 Å². The molecule has 2 rings (SSSR count). The van der Waals surface area contributed by atoms with Gasteiger partial charge in [0.2, 0.25) is 6.23 Å². The smallest absolute Gasteiger partial charge is 0.219 e. The fourth-order valence-corrected chi connectivity index (χ4v) is 2.56. The van der Waals surface area contributed by atoms with E-state index >= 15 is 0 Å². The van der Waals surface area contributed by atoms with Crippen molar-refractivity contribution < 1.29 is 9.84 Å². The Morgan fingerprint density at radius 3 is 2.68 bits per heavy atom. The second-order valence-corrected chi connectivity index (χ2v) is 6.93. The summed E-state index contributed by atoms with van der Waals surface area (Å²) in [6.45, 7) is 3.84. The van der Waals surface area contributed by atoms with E-state index in [0.717, 1.165) is 0 Å². The van der Waals surface area contributed by atoms with Gasteiger partial charge in [0.05, 0.1) is 5.02 Å². The van der Waals surface area contributed by atoms with Gasteiger partial charge in [-0.15, -0.1) is 0 Å². The van der Waals surface area contributed by atoms with Crippen LogP contribution >= 0.6 is 39.1 Å². The summed E-state index contributed by atoms with van der Waals surface area (Å²) >= 11 is 15.4. The lowest BCUT2D eigenvalue weighted by Crippen LogP contribution is -2.41. The maximum atomic E-state index is 10.7. The molecule has 1 heterocycles. The Kier molecular flexibility index (Phi) is 5.71. The van der Waals surface area contributed by atoms with Gasteiger partial charge in [-0.1, -0.05) is 53.0 Å². The molecule has 1 aromatic heterocycles. The summed E-state index contributed by atoms with van der Waals surface area (Å²) in [5.41, 5.74) is -0.449. The molecule has 2 aromatic rings. The average Bonchev–Trinajstić information content (AvgIpc) is 3.00. The first-order chi connectivity index (χ1) is 10.3. The normalized spacial score (nSPS) is 14.6. The summed E-state index contributed by atoms with van der Waals surface area (Å²) in [7, 11) is 0. The summed E-state index contributed by atoms with van der Waals surface area (Å²) in [6.07, 6.45) is 1.25. The Morgan fingerprint density at radius 2 is 2.14 bits per heavy atom. The van der Waals surface area contributed by atoms with Crippen LogP contribution in [0.2, 0.25) is 10.0 Å². The lowest BCUT2D eigenvalue weighted by Gasteiger charge is -2.34. The second-order valence-electron chi connectivity index (χ2n) is 5.53. The van der Waals surface area contributed by atoms with Gasteiger partial charge in [-0.3, -0.25) is 0 Å². The third-order valence-corrected chi connectivity index (χ3v) is 5.23. The van der Waals surface area contributed by atoms with Gasteiger partial charge in [0.15, 0.2) is 0 Å². The maximum Gasteiger partial charge on any atom is 0.219 e. The standard InChI is InChI=1S/C14H16BrCl2N3O2/c1-14(2,6-15)12(21)13(20-8-18-7-19-20)22-11-4-3-9(16)5-10(11)17/h3-5,7-8,12-13,21H,6H2,1-2H3. The van der Waals surface area contributed by atoms with Gasteiger partial charge in [-0.05, 0) is 18.2 Å². The molecule has 5 nitrogen and oxygen atoms in total. The van der Waals surface area contributed by atoms with Crippen LogP contribution in [0.1, 0.15) is 20.1 Å². The van der Waals surface area contributed by atoms with Crippen molar-refractivity contribution in [1.82, 2.24) is 14.8 Å². The monoisotopic (exact) mass is 407 g/mol. The van der Waals surface area contributed by atoms with Gasteiger partial charge >= 0.3 is 0 Å². The number of halogens is 3. The largest absolute Gasteiger partial charge is 0.464 e. The highest BCUT2D eigenvalue weighted by molar-refractivity contribution is 9.09. The van der Waals surface area contributed by atoms with Gasteiger partial charge in [-0.2, -0.15) is 5.10 Å². The van der Waals surface area contributed by atoms with E-state index in [1.807, 2.05) is 13.8 Å². The topological polar surface area (TPSA) is 60.2 Å². The second kappa shape index (κ2) is 7.17. The van der Waals surface area contributed by atoms with E-state index in [1.54, 1.807) is 18.2 Å². The van der Waals surface area contributed by atoms with Crippen LogP contribution in [0.25, 0.3) is 0 Å². The van der Waals surface area contributed by atoms with Gasteiger partial charge in [-0.25, -0.2) is 9.67 Å². The number of benzene rings is 1. The van der Waals surface area contributed by atoms with Crippen molar-refractivity contribution in [3.63, 3.8) is 0 Å². The van der Waals surface area contributed by atoms with Crippen LogP contribution < -0.4 is 4.74 Å². The zero-order valence-corrected chi connectivity index (χ0v) is 15.2. The van der Waals surface area contributed by atoms with E-state index in [4.69, 9.17) is 27.9 Å². The van der Waals surface area contributed by atoms with E-state index in [9.17, 15) is 5.11 Å². The summed E-state index contributed by atoms with van der Waals surface area (Å²) in [5, 5.41) is 16.2. The zero-order chi connectivity index (χ0) is 16.3. The third-order valence-electron chi connectivity index (χ3n) is 3.25. The van der Waals surface area contributed by atoms with Crippen molar-refractivity contribution in [1.29, 1.82) is 0 Å². The quantitative estimate of drug-likeness (QED) is 0.735. The molecule has 8 heteroatoms. The molecular formula is C14H16BrCl2N3O2. The molecule has 0 saturated carbocycles. The van der Waals surface area contributed by atoms with E-state index in [0.29, 0.717) is 21.1 Å². The zero-order valence-electron chi connectivity index (χ0n) is 12.1. The van der Waals surface area contributed by atoms with Crippen LogP contribution in [-0.4, -0.2) is 31.3 Å². The van der Waals surface area contributed by atoms with Crippen molar-refractivity contribution in [2.75, 3.05) is 5.33 Å². The molecule has 120 valence electrons. The minimum atomic E-state index is -0.847. The first kappa shape index (κ1) is 17.5. The van der Waals surface area contributed by atoms with Crippen LogP contribution in [0.5, 0.6) is 5.75 Å². The minimum absolute atomic E-state index is 0.362. The Morgan fingerprint density at radius 1 is 1.41 bits per heavy atom. The molecule has 1 N–H and O–H groups in total. The molecule has 0 spiro atoms. The van der Waals surface area contributed by atoms with Crippen molar-refractivity contribution in [2.24, 2.45) is 5.41 Å². The van der Waals surface area contributed by atoms with Crippen LogP contribution in [0.3, 0.4) is 0 Å². The summed E-state index contributed by atoms with van der Waals surface area (Å²) < 4.78 is 7.35. The summed E-state index contributed by atoms with van der Waals surface area (Å²) in [4.78, 5) is 3.91. The molecule has 2 atom stereocenters. The number of hydrogen-bond acceptors (Lipinski definition) is 4. The Labute approximate surface area is 147 Å². The van der Waals surface area contributed by atoms with Crippen LogP contribution in [0.4, 0.5) is 0 Å². The average molecular weight is 409 g/mol. The van der Waals surface area contributed by atoms with Crippen LogP contribution in [0.15, 0.2) is 30.9 Å². The van der Waals surface area contributed by atoms with E-state index < -0.39 is 17.7 Å². The van der Waals surface area contributed by atoms with Crippen molar-refractivity contribution in [3.8, 4) is 5.75 Å². The highest BCUT2D eigenvalue weighted by atomic mass is 79.9. The number of nitrogens with zero attached hydrogens (tertiary/aromatic N) is 3. The number of hydrogen-bond donors (Lipinski definition) is 1. The molecule has 0 radical (unpaired) electrons. The molecule has 0 bridgehead atoms. The van der Waals surface area contributed by atoms with Crippen LogP contribution in [-0.2, 0) is 0 Å². The molecule has 0 aliphatic carbocycles. The molecule has 1 aromatic carbocycles. The molecule has 2 unspecified atom stereocenters. The number of ether oxygens (including phenoxy) is 1. The molecule has 0 amide bonds. The lowest BCUT2D eigenvalue weighted by molar-refractivity contribution is -0.0710. The number of alkyl halides is 1. The molecular weight excluding hydrogens is 393 g/mol. The highest BCUT2D eigenvalue weighted by Crippen LogP contribution is 2.35. The van der Waals surface area contributed by atoms with Crippen LogP contribution in [0, 0.1) is 5.41 Å². The van der Waals surface area contributed by atoms with Gasteiger partial charge in [0.25, 0.3) is 0 Å². The first-order valence-corrected chi connectivity index (χ1v) is 8.43. The lowest BCUT2D eigenvalue weighted by atomic mass is 9.88.